The van der Waals surface area contributed by atoms with Crippen LogP contribution in [0.3, 0.4) is 0 Å². The lowest BCUT2D eigenvalue weighted by molar-refractivity contribution is 0.102. The zero-order valence-corrected chi connectivity index (χ0v) is 13.4. The molecule has 3 nitrogen and oxygen atoms in total. The molecule has 1 amide bonds. The van der Waals surface area contributed by atoms with Gasteiger partial charge in [0.1, 0.15) is 4.99 Å². The molecule has 0 heterocycles. The molecule has 0 atom stereocenters. The first kappa shape index (κ1) is 15.8. The number of hydrogen-bond acceptors (Lipinski definition) is 2. The van der Waals surface area contributed by atoms with E-state index in [1.54, 1.807) is 18.2 Å². The van der Waals surface area contributed by atoms with Crippen molar-refractivity contribution in [3.8, 4) is 0 Å². The minimum absolute atomic E-state index is 0.273. The molecule has 0 bridgehead atoms. The van der Waals surface area contributed by atoms with Crippen molar-refractivity contribution >= 4 is 52.0 Å². The molecule has 2 aromatic carbocycles. The number of carbonyl (C=O) groups is 1. The fourth-order valence-electron chi connectivity index (χ4n) is 1.77. The van der Waals surface area contributed by atoms with Gasteiger partial charge in [0.2, 0.25) is 0 Å². The lowest BCUT2D eigenvalue weighted by atomic mass is 10.1. The van der Waals surface area contributed by atoms with Gasteiger partial charge in [-0.3, -0.25) is 4.79 Å². The lowest BCUT2D eigenvalue weighted by Gasteiger charge is -2.11. The van der Waals surface area contributed by atoms with Gasteiger partial charge in [0, 0.05) is 16.3 Å². The van der Waals surface area contributed by atoms with Gasteiger partial charge < -0.3 is 11.1 Å². The van der Waals surface area contributed by atoms with E-state index in [4.69, 9.17) is 41.2 Å². The van der Waals surface area contributed by atoms with Crippen LogP contribution in [0.15, 0.2) is 36.4 Å². The number of nitrogens with two attached hydrogens (primary N) is 1. The van der Waals surface area contributed by atoms with Gasteiger partial charge in [0.25, 0.3) is 5.91 Å². The van der Waals surface area contributed by atoms with E-state index in [1.807, 2.05) is 19.1 Å². The van der Waals surface area contributed by atoms with Gasteiger partial charge >= 0.3 is 0 Å². The molecule has 0 aromatic heterocycles. The molecule has 0 radical (unpaired) electrons. The fourth-order valence-corrected chi connectivity index (χ4v) is 2.39. The fraction of sp³-hybridized carbons (Fsp3) is 0.0667. The van der Waals surface area contributed by atoms with Crippen molar-refractivity contribution in [2.75, 3.05) is 5.32 Å². The first-order chi connectivity index (χ1) is 9.88. The summed E-state index contributed by atoms with van der Waals surface area (Å²) >= 11 is 16.8. The number of thiocarbonyl (C=S) groups is 1. The standard InChI is InChI=1S/C15H12Cl2N2OS/c1-8-2-3-9(14(18)21)6-13(8)19-15(20)11-5-4-10(16)7-12(11)17/h2-7H,1H3,(H2,18,21)(H,19,20). The summed E-state index contributed by atoms with van der Waals surface area (Å²) in [6.45, 7) is 1.88. The molecule has 0 unspecified atom stereocenters. The molecule has 0 aliphatic heterocycles. The van der Waals surface area contributed by atoms with E-state index in [-0.39, 0.29) is 10.9 Å². The monoisotopic (exact) mass is 338 g/mol. The van der Waals surface area contributed by atoms with Crippen molar-refractivity contribution in [1.29, 1.82) is 0 Å². The van der Waals surface area contributed by atoms with Crippen molar-refractivity contribution in [2.24, 2.45) is 5.73 Å². The van der Waals surface area contributed by atoms with Crippen LogP contribution in [-0.2, 0) is 0 Å². The number of amides is 1. The zero-order chi connectivity index (χ0) is 15.6. The maximum Gasteiger partial charge on any atom is 0.257 e. The minimum atomic E-state index is -0.320. The maximum absolute atomic E-state index is 12.3. The normalized spacial score (nSPS) is 10.2. The molecule has 0 spiro atoms. The summed E-state index contributed by atoms with van der Waals surface area (Å²) in [5.41, 5.74) is 8.17. The van der Waals surface area contributed by atoms with Crippen LogP contribution in [0.4, 0.5) is 5.69 Å². The molecule has 3 N–H and O–H groups in total. The van der Waals surface area contributed by atoms with Crippen molar-refractivity contribution in [2.45, 2.75) is 6.92 Å². The smallest absolute Gasteiger partial charge is 0.257 e. The van der Waals surface area contributed by atoms with Gasteiger partial charge in [-0.1, -0.05) is 47.6 Å². The van der Waals surface area contributed by atoms with E-state index in [2.05, 4.69) is 5.32 Å². The second kappa shape index (κ2) is 6.43. The molecule has 0 fully saturated rings. The Labute approximate surface area is 138 Å². The first-order valence-electron chi connectivity index (χ1n) is 6.05. The van der Waals surface area contributed by atoms with Gasteiger partial charge in [-0.15, -0.1) is 0 Å². The number of halogens is 2. The Hall–Kier alpha value is -1.62. The SMILES string of the molecule is Cc1ccc(C(N)=S)cc1NC(=O)c1ccc(Cl)cc1Cl. The summed E-state index contributed by atoms with van der Waals surface area (Å²) in [7, 11) is 0. The Morgan fingerprint density at radius 2 is 1.90 bits per heavy atom. The predicted octanol–water partition coefficient (Wildman–Crippen LogP) is 4.19. The molecule has 0 aliphatic carbocycles. The summed E-state index contributed by atoms with van der Waals surface area (Å²) in [6.07, 6.45) is 0. The van der Waals surface area contributed by atoms with Crippen LogP contribution < -0.4 is 11.1 Å². The Bertz CT molecular complexity index is 732. The summed E-state index contributed by atoms with van der Waals surface area (Å²) in [5.74, 6) is -0.320. The molecule has 0 saturated heterocycles. The second-order valence-corrected chi connectivity index (χ2v) is 5.76. The van der Waals surface area contributed by atoms with E-state index >= 15 is 0 Å². The molecule has 108 valence electrons. The molecule has 2 aromatic rings. The number of hydrogen-bond donors (Lipinski definition) is 2. The minimum Gasteiger partial charge on any atom is -0.389 e. The summed E-state index contributed by atoms with van der Waals surface area (Å²) in [5, 5.41) is 3.57. The number of rotatable bonds is 3. The van der Waals surface area contributed by atoms with Crippen LogP contribution in [0, 0.1) is 6.92 Å². The average Bonchev–Trinajstić information content (AvgIpc) is 2.40. The average molecular weight is 339 g/mol. The van der Waals surface area contributed by atoms with Gasteiger partial charge in [0.15, 0.2) is 0 Å². The van der Waals surface area contributed by atoms with E-state index in [0.717, 1.165) is 5.56 Å². The molecule has 0 aliphatic rings. The third-order valence-corrected chi connectivity index (χ3v) is 3.73. The molecule has 0 saturated carbocycles. The molecular formula is C15H12Cl2N2OS. The summed E-state index contributed by atoms with van der Waals surface area (Å²) in [4.78, 5) is 12.6. The zero-order valence-electron chi connectivity index (χ0n) is 11.1. The van der Waals surface area contributed by atoms with Crippen LogP contribution in [-0.4, -0.2) is 10.9 Å². The predicted molar refractivity (Wildman–Crippen MR) is 91.5 cm³/mol. The van der Waals surface area contributed by atoms with E-state index < -0.39 is 0 Å². The Kier molecular flexibility index (Phi) is 4.83. The van der Waals surface area contributed by atoms with Gasteiger partial charge in [-0.2, -0.15) is 0 Å². The topological polar surface area (TPSA) is 55.1 Å². The highest BCUT2D eigenvalue weighted by atomic mass is 35.5. The summed E-state index contributed by atoms with van der Waals surface area (Å²) in [6, 6.07) is 10.1. The van der Waals surface area contributed by atoms with Crippen LogP contribution >= 0.6 is 35.4 Å². The number of anilines is 1. The summed E-state index contributed by atoms with van der Waals surface area (Å²) < 4.78 is 0. The van der Waals surface area contributed by atoms with Crippen molar-refractivity contribution < 1.29 is 4.79 Å². The number of benzene rings is 2. The number of nitrogens with one attached hydrogen (secondary N) is 1. The quantitative estimate of drug-likeness (QED) is 0.825. The third kappa shape index (κ3) is 3.73. The van der Waals surface area contributed by atoms with Crippen molar-refractivity contribution in [1.82, 2.24) is 0 Å². The van der Waals surface area contributed by atoms with Crippen LogP contribution in [0.1, 0.15) is 21.5 Å². The number of aryl methyl sites for hydroxylation is 1. The van der Waals surface area contributed by atoms with Gasteiger partial charge in [-0.25, -0.2) is 0 Å². The highest BCUT2D eigenvalue weighted by molar-refractivity contribution is 7.80. The lowest BCUT2D eigenvalue weighted by Crippen LogP contribution is -2.15. The number of carbonyl (C=O) groups excluding carboxylic acids is 1. The second-order valence-electron chi connectivity index (χ2n) is 4.47. The van der Waals surface area contributed by atoms with Crippen molar-refractivity contribution in [3.63, 3.8) is 0 Å². The third-order valence-electron chi connectivity index (χ3n) is 2.95. The van der Waals surface area contributed by atoms with E-state index in [9.17, 15) is 4.79 Å². The van der Waals surface area contributed by atoms with Crippen LogP contribution in [0.25, 0.3) is 0 Å². The van der Waals surface area contributed by atoms with Gasteiger partial charge in [0.05, 0.1) is 10.6 Å². The largest absolute Gasteiger partial charge is 0.389 e. The van der Waals surface area contributed by atoms with Crippen LogP contribution in [0.5, 0.6) is 0 Å². The molecule has 2 rings (SSSR count). The van der Waals surface area contributed by atoms with Gasteiger partial charge in [-0.05, 0) is 36.8 Å². The van der Waals surface area contributed by atoms with Crippen molar-refractivity contribution in [3.05, 3.63) is 63.1 Å². The molecular weight excluding hydrogens is 327 g/mol. The Balaban J connectivity index is 2.31. The molecule has 6 heteroatoms. The Morgan fingerprint density at radius 1 is 1.19 bits per heavy atom. The maximum atomic E-state index is 12.3. The van der Waals surface area contributed by atoms with Crippen LogP contribution in [0.2, 0.25) is 10.0 Å². The molecule has 21 heavy (non-hydrogen) atoms. The first-order valence-corrected chi connectivity index (χ1v) is 7.22. The highest BCUT2D eigenvalue weighted by Crippen LogP contribution is 2.23. The Morgan fingerprint density at radius 3 is 2.52 bits per heavy atom. The highest BCUT2D eigenvalue weighted by Gasteiger charge is 2.12. The van der Waals surface area contributed by atoms with E-state index in [0.29, 0.717) is 26.9 Å². The van der Waals surface area contributed by atoms with E-state index in [1.165, 1.54) is 6.07 Å².